The highest BCUT2D eigenvalue weighted by Crippen LogP contribution is 2.34. The topological polar surface area (TPSA) is 47.4 Å². The maximum absolute atomic E-state index is 13.5. The zero-order chi connectivity index (χ0) is 22.1. The maximum atomic E-state index is 13.5. The third-order valence-electron chi connectivity index (χ3n) is 5.25. The first-order valence-corrected chi connectivity index (χ1v) is 10.9. The number of aromatic nitrogens is 1. The van der Waals surface area contributed by atoms with E-state index in [0.29, 0.717) is 36.7 Å². The number of ether oxygens (including phenoxy) is 2. The van der Waals surface area contributed by atoms with E-state index >= 15 is 0 Å². The second-order valence-corrected chi connectivity index (χ2v) is 10.6. The number of nitrogens with one attached hydrogen (secondary N) is 1. The Morgan fingerprint density at radius 1 is 0.867 bits per heavy atom. The third kappa shape index (κ3) is 6.51. The molecular formula is C24H35F2NO3. The van der Waals surface area contributed by atoms with E-state index in [9.17, 15) is 8.78 Å². The molecule has 2 aliphatic carbocycles. The summed E-state index contributed by atoms with van der Waals surface area (Å²) in [5.74, 6) is 1.56. The fourth-order valence-electron chi connectivity index (χ4n) is 2.70. The van der Waals surface area contributed by atoms with Gasteiger partial charge in [0.05, 0.1) is 13.2 Å². The monoisotopic (exact) mass is 423 g/mol. The Labute approximate surface area is 178 Å². The number of hydrogen-bond acceptors (Lipinski definition) is 3. The van der Waals surface area contributed by atoms with Crippen molar-refractivity contribution < 1.29 is 22.7 Å². The molecule has 30 heavy (non-hydrogen) atoms. The fraction of sp³-hybridized carbons (Fsp3) is 0.667. The van der Waals surface area contributed by atoms with Gasteiger partial charge < -0.3 is 18.9 Å². The molecule has 0 amide bonds. The second kappa shape index (κ2) is 8.64. The van der Waals surface area contributed by atoms with Crippen LogP contribution in [0.1, 0.15) is 78.7 Å². The van der Waals surface area contributed by atoms with Gasteiger partial charge in [-0.2, -0.15) is 4.39 Å². The first kappa shape index (κ1) is 22.7. The van der Waals surface area contributed by atoms with Crippen LogP contribution in [-0.4, -0.2) is 18.2 Å². The molecule has 2 fully saturated rings. The van der Waals surface area contributed by atoms with Crippen molar-refractivity contribution in [2.24, 2.45) is 11.8 Å². The van der Waals surface area contributed by atoms with Crippen molar-refractivity contribution in [3.8, 4) is 11.8 Å². The van der Waals surface area contributed by atoms with Crippen molar-refractivity contribution in [2.45, 2.75) is 78.1 Å². The third-order valence-corrected chi connectivity index (χ3v) is 5.25. The van der Waals surface area contributed by atoms with Crippen LogP contribution >= 0.6 is 0 Å². The minimum Gasteiger partial charge on any atom is -0.477 e. The summed E-state index contributed by atoms with van der Waals surface area (Å²) in [6, 6.07) is 2.95. The van der Waals surface area contributed by atoms with Gasteiger partial charge in [-0.25, -0.2) is 4.39 Å². The van der Waals surface area contributed by atoms with Gasteiger partial charge in [0.2, 0.25) is 11.7 Å². The SMILES string of the molecule is CC(C)(C)c1cc(F)c(OCC2CC2)[nH]1.CC(C)(C)c1cc(F)c(OCC2CC2)o1. The Hall–Kier alpha value is -1.98. The van der Waals surface area contributed by atoms with Crippen LogP contribution in [0.25, 0.3) is 0 Å². The molecule has 0 aromatic carbocycles. The Bertz CT molecular complexity index is 763. The summed E-state index contributed by atoms with van der Waals surface area (Å²) in [7, 11) is 0. The van der Waals surface area contributed by atoms with Crippen LogP contribution in [0.3, 0.4) is 0 Å². The Balaban J connectivity index is 0.000000171. The molecule has 2 heterocycles. The zero-order valence-electron chi connectivity index (χ0n) is 19.0. The number of furan rings is 1. The maximum Gasteiger partial charge on any atom is 0.322 e. The number of aromatic amines is 1. The van der Waals surface area contributed by atoms with Crippen molar-refractivity contribution in [1.29, 1.82) is 0 Å². The van der Waals surface area contributed by atoms with Gasteiger partial charge >= 0.3 is 5.95 Å². The first-order valence-electron chi connectivity index (χ1n) is 10.9. The summed E-state index contributed by atoms with van der Waals surface area (Å²) in [5.41, 5.74) is 0.634. The van der Waals surface area contributed by atoms with Crippen molar-refractivity contribution in [3.05, 3.63) is 35.2 Å². The molecule has 2 aromatic rings. The molecule has 0 spiro atoms. The molecule has 0 atom stereocenters. The van der Waals surface area contributed by atoms with Crippen LogP contribution in [0.2, 0.25) is 0 Å². The van der Waals surface area contributed by atoms with Crippen LogP contribution in [0.4, 0.5) is 8.78 Å². The van der Waals surface area contributed by atoms with Crippen LogP contribution < -0.4 is 9.47 Å². The Morgan fingerprint density at radius 3 is 1.87 bits per heavy atom. The molecule has 1 N–H and O–H groups in total. The molecule has 168 valence electrons. The Kier molecular flexibility index (Phi) is 6.54. The Morgan fingerprint density at radius 2 is 1.43 bits per heavy atom. The molecule has 2 aromatic heterocycles. The fourth-order valence-corrected chi connectivity index (χ4v) is 2.70. The summed E-state index contributed by atoms with van der Waals surface area (Å²) in [5, 5.41) is 0. The van der Waals surface area contributed by atoms with Crippen LogP contribution in [0.5, 0.6) is 11.8 Å². The van der Waals surface area contributed by atoms with Gasteiger partial charge in [0.25, 0.3) is 0 Å². The molecule has 0 unspecified atom stereocenters. The molecular weight excluding hydrogens is 388 g/mol. The normalized spacial score (nSPS) is 16.8. The van der Waals surface area contributed by atoms with E-state index in [0.717, 1.165) is 5.69 Å². The quantitative estimate of drug-likeness (QED) is 0.559. The largest absolute Gasteiger partial charge is 0.477 e. The molecule has 0 bridgehead atoms. The lowest BCUT2D eigenvalue weighted by molar-refractivity contribution is 0.206. The summed E-state index contributed by atoms with van der Waals surface area (Å²) >= 11 is 0. The minimum atomic E-state index is -0.388. The van der Waals surface area contributed by atoms with E-state index in [4.69, 9.17) is 13.9 Å². The average molecular weight is 424 g/mol. The summed E-state index contributed by atoms with van der Waals surface area (Å²) in [4.78, 5) is 3.01. The van der Waals surface area contributed by atoms with Gasteiger partial charge in [-0.1, -0.05) is 41.5 Å². The van der Waals surface area contributed by atoms with Gasteiger partial charge in [-0.15, -0.1) is 0 Å². The zero-order valence-corrected chi connectivity index (χ0v) is 19.0. The molecule has 4 nitrogen and oxygen atoms in total. The lowest BCUT2D eigenvalue weighted by Gasteiger charge is -2.15. The van der Waals surface area contributed by atoms with Crippen LogP contribution in [0.15, 0.2) is 16.5 Å². The van der Waals surface area contributed by atoms with Crippen LogP contribution in [-0.2, 0) is 10.8 Å². The van der Waals surface area contributed by atoms with Gasteiger partial charge in [0.1, 0.15) is 5.76 Å². The molecule has 6 heteroatoms. The van der Waals surface area contributed by atoms with Crippen LogP contribution in [0, 0.1) is 23.5 Å². The summed E-state index contributed by atoms with van der Waals surface area (Å²) in [6.07, 6.45) is 4.81. The van der Waals surface area contributed by atoms with E-state index in [1.807, 2.05) is 41.5 Å². The number of halogens is 2. The highest BCUT2D eigenvalue weighted by atomic mass is 19.1. The van der Waals surface area contributed by atoms with Gasteiger partial charge in [0.15, 0.2) is 5.82 Å². The van der Waals surface area contributed by atoms with Gasteiger partial charge in [-0.05, 0) is 43.6 Å². The lowest BCUT2D eigenvalue weighted by atomic mass is 9.93. The predicted octanol–water partition coefficient (Wildman–Crippen LogP) is 6.75. The minimum absolute atomic E-state index is 0.0480. The smallest absolute Gasteiger partial charge is 0.322 e. The van der Waals surface area contributed by atoms with E-state index < -0.39 is 0 Å². The number of rotatable bonds is 6. The second-order valence-electron chi connectivity index (χ2n) is 10.6. The standard InChI is InChI=1S/C12H18FNO.C12H17FO2/c1-12(2,3)10-6-9(13)11(14-10)15-7-8-4-5-8;1-12(2,3)10-6-9(13)11(15-10)14-7-8-4-5-8/h6,8,14H,4-5,7H2,1-3H3;6,8H,4-5,7H2,1-3H3. The van der Waals surface area contributed by atoms with Gasteiger partial charge in [0, 0.05) is 22.6 Å². The van der Waals surface area contributed by atoms with Crippen molar-refractivity contribution >= 4 is 0 Å². The molecule has 0 saturated heterocycles. The first-order chi connectivity index (χ1) is 13.9. The number of H-pyrrole nitrogens is 1. The summed E-state index contributed by atoms with van der Waals surface area (Å²) in [6.45, 7) is 13.3. The molecule has 0 radical (unpaired) electrons. The summed E-state index contributed by atoms with van der Waals surface area (Å²) < 4.78 is 42.9. The number of hydrogen-bond donors (Lipinski definition) is 1. The van der Waals surface area contributed by atoms with Crippen molar-refractivity contribution in [2.75, 3.05) is 13.2 Å². The van der Waals surface area contributed by atoms with Gasteiger partial charge in [-0.3, -0.25) is 0 Å². The highest BCUT2D eigenvalue weighted by molar-refractivity contribution is 5.25. The molecule has 4 rings (SSSR count). The van der Waals surface area contributed by atoms with Crippen molar-refractivity contribution in [1.82, 2.24) is 4.98 Å². The average Bonchev–Trinajstić information content (AvgIpc) is 3.55. The lowest BCUT2D eigenvalue weighted by Crippen LogP contribution is -2.11. The van der Waals surface area contributed by atoms with E-state index in [1.54, 1.807) is 0 Å². The van der Waals surface area contributed by atoms with E-state index in [-0.39, 0.29) is 28.4 Å². The van der Waals surface area contributed by atoms with E-state index in [2.05, 4.69) is 4.98 Å². The molecule has 0 aliphatic heterocycles. The molecule has 2 aliphatic rings. The van der Waals surface area contributed by atoms with E-state index in [1.165, 1.54) is 37.8 Å². The highest BCUT2D eigenvalue weighted by Gasteiger charge is 2.26. The van der Waals surface area contributed by atoms with Crippen molar-refractivity contribution in [3.63, 3.8) is 0 Å². The predicted molar refractivity (Wildman–Crippen MR) is 113 cm³/mol. The molecule has 2 saturated carbocycles.